The molecule has 2 aliphatic rings. The smallest absolute Gasteiger partial charge is 0.414 e. The summed E-state index contributed by atoms with van der Waals surface area (Å²) in [7, 11) is 0. The number of cyclic esters (lactones) is 1. The molecule has 0 unspecified atom stereocenters. The Labute approximate surface area is 209 Å². The largest absolute Gasteiger partial charge is 0.442 e. The van der Waals surface area contributed by atoms with Crippen molar-refractivity contribution in [3.05, 3.63) is 58.9 Å². The van der Waals surface area contributed by atoms with E-state index in [2.05, 4.69) is 5.32 Å². The van der Waals surface area contributed by atoms with Crippen LogP contribution in [-0.4, -0.2) is 61.6 Å². The lowest BCUT2D eigenvalue weighted by atomic mass is 9.99. The monoisotopic (exact) mass is 499 g/mol. The number of benzene rings is 2. The van der Waals surface area contributed by atoms with E-state index in [9.17, 15) is 18.8 Å². The second-order valence-electron chi connectivity index (χ2n) is 8.90. The van der Waals surface area contributed by atoms with Crippen LogP contribution in [0, 0.1) is 19.7 Å². The van der Waals surface area contributed by atoms with Gasteiger partial charge in [-0.05, 0) is 37.6 Å². The average Bonchev–Trinajstić information content (AvgIpc) is 3.22. The highest BCUT2D eigenvalue weighted by Crippen LogP contribution is 2.29. The van der Waals surface area contributed by atoms with E-state index in [1.807, 2.05) is 42.6 Å². The molecule has 9 heteroatoms. The lowest BCUT2D eigenvalue weighted by Crippen LogP contribution is -2.35. The summed E-state index contributed by atoms with van der Waals surface area (Å²) in [5.41, 5.74) is 3.57. The maximum atomic E-state index is 14.8. The Bertz CT molecular complexity index is 1120. The van der Waals surface area contributed by atoms with E-state index in [4.69, 9.17) is 4.74 Å². The Morgan fingerprint density at radius 1 is 1.11 bits per heavy atom. The van der Waals surface area contributed by atoms with Gasteiger partial charge in [-0.3, -0.25) is 14.5 Å². The van der Waals surface area contributed by atoms with Crippen molar-refractivity contribution in [2.75, 3.05) is 47.5 Å². The van der Waals surface area contributed by atoms with Gasteiger partial charge in [0.05, 0.1) is 24.5 Å². The predicted molar refractivity (Wildman–Crippen MR) is 136 cm³/mol. The van der Waals surface area contributed by atoms with E-state index >= 15 is 0 Å². The molecule has 2 amide bonds. The molecule has 2 heterocycles. The number of carbonyl (C=O) groups is 3. The van der Waals surface area contributed by atoms with Gasteiger partial charge in [-0.25, -0.2) is 9.18 Å². The van der Waals surface area contributed by atoms with Gasteiger partial charge < -0.3 is 15.0 Å². The van der Waals surface area contributed by atoms with Crippen LogP contribution in [0.15, 0.2) is 36.4 Å². The number of nitrogens with one attached hydrogen (secondary N) is 1. The first-order chi connectivity index (χ1) is 16.8. The fourth-order valence-electron chi connectivity index (χ4n) is 4.37. The van der Waals surface area contributed by atoms with Gasteiger partial charge in [0.1, 0.15) is 11.9 Å². The molecular formula is C26H30FN3O4S. The number of rotatable bonds is 8. The minimum atomic E-state index is -0.573. The Morgan fingerprint density at radius 3 is 2.60 bits per heavy atom. The highest BCUT2D eigenvalue weighted by Gasteiger charge is 2.33. The third-order valence-corrected chi connectivity index (χ3v) is 7.20. The third-order valence-electron chi connectivity index (χ3n) is 6.26. The Kier molecular flexibility index (Phi) is 7.95. The van der Waals surface area contributed by atoms with Crippen molar-refractivity contribution >= 4 is 40.9 Å². The number of hydrogen-bond donors (Lipinski definition) is 1. The van der Waals surface area contributed by atoms with Crippen molar-refractivity contribution in [3.63, 3.8) is 0 Å². The number of thioether (sulfide) groups is 1. The van der Waals surface area contributed by atoms with Gasteiger partial charge in [0.25, 0.3) is 0 Å². The normalized spacial score (nSPS) is 17.9. The molecule has 186 valence electrons. The van der Waals surface area contributed by atoms with Crippen LogP contribution in [0.1, 0.15) is 34.3 Å². The topological polar surface area (TPSA) is 79.0 Å². The van der Waals surface area contributed by atoms with Crippen molar-refractivity contribution < 1.29 is 23.5 Å². The highest BCUT2D eigenvalue weighted by atomic mass is 32.2. The van der Waals surface area contributed by atoms with Crippen LogP contribution in [0.3, 0.4) is 0 Å². The fourth-order valence-corrected chi connectivity index (χ4v) is 5.27. The summed E-state index contributed by atoms with van der Waals surface area (Å²) in [5.74, 6) is 1.20. The predicted octanol–water partition coefficient (Wildman–Crippen LogP) is 4.10. The van der Waals surface area contributed by atoms with E-state index in [-0.39, 0.29) is 43.4 Å². The zero-order valence-electron chi connectivity index (χ0n) is 20.0. The molecule has 0 saturated carbocycles. The average molecular weight is 500 g/mol. The van der Waals surface area contributed by atoms with Crippen molar-refractivity contribution in [1.82, 2.24) is 5.32 Å². The molecule has 2 aromatic rings. The van der Waals surface area contributed by atoms with Crippen molar-refractivity contribution in [1.29, 1.82) is 0 Å². The molecule has 0 aliphatic carbocycles. The quantitative estimate of drug-likeness (QED) is 0.551. The van der Waals surface area contributed by atoms with Gasteiger partial charge in [0, 0.05) is 43.0 Å². The summed E-state index contributed by atoms with van der Waals surface area (Å²) in [4.78, 5) is 40.5. The molecule has 1 N–H and O–H groups in total. The molecule has 35 heavy (non-hydrogen) atoms. The second kappa shape index (κ2) is 11.1. The molecule has 0 bridgehead atoms. The number of halogens is 1. The fraction of sp³-hybridized carbons (Fsp3) is 0.423. The second-order valence-corrected chi connectivity index (χ2v) is 10.1. The summed E-state index contributed by atoms with van der Waals surface area (Å²) in [6.07, 6.45) is -0.967. The first kappa shape index (κ1) is 25.0. The van der Waals surface area contributed by atoms with Crippen LogP contribution in [0.25, 0.3) is 0 Å². The first-order valence-corrected chi connectivity index (χ1v) is 12.9. The van der Waals surface area contributed by atoms with Gasteiger partial charge in [0.2, 0.25) is 5.91 Å². The molecular weight excluding hydrogens is 469 g/mol. The Morgan fingerprint density at radius 2 is 1.89 bits per heavy atom. The zero-order chi connectivity index (χ0) is 24.9. The first-order valence-electron chi connectivity index (χ1n) is 11.8. The van der Waals surface area contributed by atoms with Gasteiger partial charge in [-0.1, -0.05) is 23.8 Å². The van der Waals surface area contributed by atoms with E-state index < -0.39 is 12.2 Å². The summed E-state index contributed by atoms with van der Waals surface area (Å²) in [6, 6.07) is 10.4. The van der Waals surface area contributed by atoms with Crippen LogP contribution < -0.4 is 15.1 Å². The molecule has 0 aromatic heterocycles. The van der Waals surface area contributed by atoms with Crippen LogP contribution in [-0.2, 0) is 9.53 Å². The number of carbonyl (C=O) groups excluding carboxylic acids is 3. The van der Waals surface area contributed by atoms with E-state index in [0.717, 1.165) is 35.7 Å². The molecule has 0 spiro atoms. The van der Waals surface area contributed by atoms with Crippen LogP contribution in [0.2, 0.25) is 0 Å². The van der Waals surface area contributed by atoms with Crippen LogP contribution >= 0.6 is 11.8 Å². The lowest BCUT2D eigenvalue weighted by molar-refractivity contribution is -0.121. The molecule has 7 nitrogen and oxygen atoms in total. The number of anilines is 2. The van der Waals surface area contributed by atoms with Crippen molar-refractivity contribution in [2.45, 2.75) is 32.8 Å². The van der Waals surface area contributed by atoms with E-state index in [1.165, 1.54) is 11.0 Å². The summed E-state index contributed by atoms with van der Waals surface area (Å²) in [6.45, 7) is 5.78. The molecule has 1 atom stereocenters. The van der Waals surface area contributed by atoms with Gasteiger partial charge >= 0.3 is 6.09 Å². The molecule has 0 radical (unpaired) electrons. The Hall–Kier alpha value is -3.07. The summed E-state index contributed by atoms with van der Waals surface area (Å²) >= 11 is 1.85. The third kappa shape index (κ3) is 6.14. The summed E-state index contributed by atoms with van der Waals surface area (Å²) in [5, 5.41) is 2.73. The number of amides is 2. The van der Waals surface area contributed by atoms with E-state index in [1.54, 1.807) is 18.2 Å². The molecule has 2 aromatic carbocycles. The lowest BCUT2D eigenvalue weighted by Gasteiger charge is -2.29. The highest BCUT2D eigenvalue weighted by molar-refractivity contribution is 7.99. The molecule has 2 fully saturated rings. The minimum absolute atomic E-state index is 0.0538. The van der Waals surface area contributed by atoms with Crippen molar-refractivity contribution in [2.24, 2.45) is 0 Å². The minimum Gasteiger partial charge on any atom is -0.442 e. The van der Waals surface area contributed by atoms with Gasteiger partial charge in [-0.15, -0.1) is 0 Å². The van der Waals surface area contributed by atoms with Crippen molar-refractivity contribution in [3.8, 4) is 0 Å². The Balaban J connectivity index is 1.26. The number of Topliss-reactive ketones (excluding diaryl/α,β-unsaturated/α-hetero) is 1. The number of ketones is 1. The van der Waals surface area contributed by atoms with Crippen LogP contribution in [0.5, 0.6) is 0 Å². The maximum Gasteiger partial charge on any atom is 0.414 e. The molecule has 2 aliphatic heterocycles. The van der Waals surface area contributed by atoms with Crippen LogP contribution in [0.4, 0.5) is 20.6 Å². The number of hydrogen-bond acceptors (Lipinski definition) is 6. The number of ether oxygens (including phenoxy) is 1. The molecule has 4 rings (SSSR count). The summed E-state index contributed by atoms with van der Waals surface area (Å²) < 4.78 is 20.1. The number of nitrogens with zero attached hydrogens (tertiary/aromatic N) is 2. The van der Waals surface area contributed by atoms with Gasteiger partial charge in [-0.2, -0.15) is 11.8 Å². The van der Waals surface area contributed by atoms with E-state index in [0.29, 0.717) is 16.9 Å². The molecule has 2 saturated heterocycles. The SMILES string of the molecule is Cc1ccc(C(=O)CCC(=O)NC[C@H]2CN(c3ccc(N4CCSCC4)c(F)c3)C(=O)O2)c(C)c1. The maximum absolute atomic E-state index is 14.8. The zero-order valence-corrected chi connectivity index (χ0v) is 20.8. The van der Waals surface area contributed by atoms with Gasteiger partial charge in [0.15, 0.2) is 5.78 Å². The number of aryl methyl sites for hydroxylation is 2. The standard InChI is InChI=1S/C26H30FN3O4S/c1-17-3-5-21(18(2)13-17)24(31)7-8-25(32)28-15-20-16-30(26(33)34-20)19-4-6-23(22(27)14-19)29-9-11-35-12-10-29/h3-6,13-14,20H,7-12,15-16H2,1-2H3,(H,28,32)/t20-/m0/s1.